The summed E-state index contributed by atoms with van der Waals surface area (Å²) in [6, 6.07) is 12.8. The van der Waals surface area contributed by atoms with E-state index >= 15 is 0 Å². The summed E-state index contributed by atoms with van der Waals surface area (Å²) < 4.78 is 5.89. The third-order valence-electron chi connectivity index (χ3n) is 3.75. The van der Waals surface area contributed by atoms with Crippen LogP contribution >= 0.6 is 0 Å². The van der Waals surface area contributed by atoms with E-state index in [1.807, 2.05) is 0 Å². The molecule has 0 aromatic heterocycles. The van der Waals surface area contributed by atoms with Crippen LogP contribution in [0.4, 0.5) is 5.69 Å². The van der Waals surface area contributed by atoms with Crippen molar-refractivity contribution < 1.29 is 4.74 Å². The van der Waals surface area contributed by atoms with Crippen LogP contribution in [0.5, 0.6) is 5.75 Å². The van der Waals surface area contributed by atoms with E-state index in [2.05, 4.69) is 69.4 Å². The van der Waals surface area contributed by atoms with Gasteiger partial charge in [-0.25, -0.2) is 0 Å². The number of benzene rings is 2. The molecule has 0 atom stereocenters. The number of ether oxygens (including phenoxy) is 1. The highest BCUT2D eigenvalue weighted by atomic mass is 16.5. The van der Waals surface area contributed by atoms with E-state index < -0.39 is 0 Å². The molecule has 21 heavy (non-hydrogen) atoms. The molecule has 0 aliphatic carbocycles. The van der Waals surface area contributed by atoms with Gasteiger partial charge < -0.3 is 10.1 Å². The minimum Gasteiger partial charge on any atom is -0.491 e. The van der Waals surface area contributed by atoms with E-state index in [0.717, 1.165) is 18.7 Å². The Hall–Kier alpha value is -1.96. The number of hydrogen-bond donors (Lipinski definition) is 1. The number of hydrogen-bond acceptors (Lipinski definition) is 2. The fourth-order valence-corrected chi connectivity index (χ4v) is 2.48. The van der Waals surface area contributed by atoms with Crippen molar-refractivity contribution in [2.75, 3.05) is 18.5 Å². The van der Waals surface area contributed by atoms with Crippen molar-refractivity contribution in [2.45, 2.75) is 34.1 Å². The topological polar surface area (TPSA) is 21.3 Å². The Balaban J connectivity index is 1.92. The van der Waals surface area contributed by atoms with Crippen molar-refractivity contribution in [3.63, 3.8) is 0 Å². The monoisotopic (exact) mass is 283 g/mol. The van der Waals surface area contributed by atoms with Gasteiger partial charge in [-0.2, -0.15) is 0 Å². The SMILES string of the molecule is CCc1cccc(C)c1NCCOc1cc(C)ccc1C. The predicted molar refractivity (Wildman–Crippen MR) is 90.5 cm³/mol. The Morgan fingerprint density at radius 3 is 2.57 bits per heavy atom. The largest absolute Gasteiger partial charge is 0.491 e. The molecule has 1 N–H and O–H groups in total. The molecule has 0 aliphatic heterocycles. The van der Waals surface area contributed by atoms with Crippen molar-refractivity contribution in [2.24, 2.45) is 0 Å². The Labute approximate surface area is 128 Å². The second-order valence-electron chi connectivity index (χ2n) is 5.51. The minimum atomic E-state index is 0.668. The molecule has 0 radical (unpaired) electrons. The molecular formula is C19H25NO. The highest BCUT2D eigenvalue weighted by molar-refractivity contribution is 5.57. The first-order chi connectivity index (χ1) is 10.1. The number of nitrogens with one attached hydrogen (secondary N) is 1. The minimum absolute atomic E-state index is 0.668. The van der Waals surface area contributed by atoms with E-state index in [1.54, 1.807) is 0 Å². The molecule has 2 aromatic rings. The van der Waals surface area contributed by atoms with Crippen molar-refractivity contribution in [1.82, 2.24) is 0 Å². The molecule has 0 saturated carbocycles. The van der Waals surface area contributed by atoms with E-state index in [9.17, 15) is 0 Å². The summed E-state index contributed by atoms with van der Waals surface area (Å²) in [5.74, 6) is 0.984. The van der Waals surface area contributed by atoms with Gasteiger partial charge in [-0.3, -0.25) is 0 Å². The van der Waals surface area contributed by atoms with Crippen molar-refractivity contribution in [1.29, 1.82) is 0 Å². The maximum absolute atomic E-state index is 5.89. The van der Waals surface area contributed by atoms with Gasteiger partial charge in [-0.05, 0) is 55.5 Å². The second kappa shape index (κ2) is 7.16. The summed E-state index contributed by atoms with van der Waals surface area (Å²) in [7, 11) is 0. The Morgan fingerprint density at radius 2 is 1.81 bits per heavy atom. The molecule has 2 aromatic carbocycles. The molecule has 0 fully saturated rings. The summed E-state index contributed by atoms with van der Waals surface area (Å²) in [6.07, 6.45) is 1.04. The van der Waals surface area contributed by atoms with Gasteiger partial charge in [0.25, 0.3) is 0 Å². The van der Waals surface area contributed by atoms with Crippen LogP contribution in [0.2, 0.25) is 0 Å². The van der Waals surface area contributed by atoms with Crippen LogP contribution in [-0.4, -0.2) is 13.2 Å². The number of aryl methyl sites for hydroxylation is 4. The lowest BCUT2D eigenvalue weighted by Crippen LogP contribution is -2.13. The van der Waals surface area contributed by atoms with Gasteiger partial charge in [-0.15, -0.1) is 0 Å². The molecular weight excluding hydrogens is 258 g/mol. The van der Waals surface area contributed by atoms with Crippen molar-refractivity contribution in [3.8, 4) is 5.75 Å². The van der Waals surface area contributed by atoms with Gasteiger partial charge in [0, 0.05) is 12.2 Å². The molecule has 0 saturated heterocycles. The second-order valence-corrected chi connectivity index (χ2v) is 5.51. The van der Waals surface area contributed by atoms with Crippen LogP contribution in [-0.2, 0) is 6.42 Å². The van der Waals surface area contributed by atoms with Gasteiger partial charge in [0.05, 0.1) is 0 Å². The Bertz CT molecular complexity index is 605. The first-order valence-electron chi connectivity index (χ1n) is 7.64. The lowest BCUT2D eigenvalue weighted by atomic mass is 10.1. The summed E-state index contributed by atoms with van der Waals surface area (Å²) in [5.41, 5.74) is 6.33. The maximum atomic E-state index is 5.89. The molecule has 0 unspecified atom stereocenters. The molecule has 0 amide bonds. The molecule has 112 valence electrons. The van der Waals surface area contributed by atoms with Crippen LogP contribution in [0.25, 0.3) is 0 Å². The number of para-hydroxylation sites is 1. The summed E-state index contributed by atoms with van der Waals surface area (Å²) in [4.78, 5) is 0. The summed E-state index contributed by atoms with van der Waals surface area (Å²) >= 11 is 0. The van der Waals surface area contributed by atoms with Crippen LogP contribution < -0.4 is 10.1 Å². The molecule has 0 aliphatic rings. The third kappa shape index (κ3) is 4.01. The smallest absolute Gasteiger partial charge is 0.122 e. The average molecular weight is 283 g/mol. The van der Waals surface area contributed by atoms with Gasteiger partial charge in [0.1, 0.15) is 12.4 Å². The van der Waals surface area contributed by atoms with Crippen molar-refractivity contribution in [3.05, 3.63) is 58.7 Å². The highest BCUT2D eigenvalue weighted by Gasteiger charge is 2.04. The van der Waals surface area contributed by atoms with Crippen LogP contribution in [0, 0.1) is 20.8 Å². The van der Waals surface area contributed by atoms with E-state index in [-0.39, 0.29) is 0 Å². The number of anilines is 1. The fraction of sp³-hybridized carbons (Fsp3) is 0.368. The standard InChI is InChI=1S/C19H25NO/c1-5-17-8-6-7-16(4)19(17)20-11-12-21-18-13-14(2)9-10-15(18)3/h6-10,13,20H,5,11-12H2,1-4H3. The normalized spacial score (nSPS) is 10.5. The highest BCUT2D eigenvalue weighted by Crippen LogP contribution is 2.21. The molecule has 2 nitrogen and oxygen atoms in total. The molecule has 0 bridgehead atoms. The Morgan fingerprint density at radius 1 is 1.00 bits per heavy atom. The Kier molecular flexibility index (Phi) is 5.26. The first-order valence-corrected chi connectivity index (χ1v) is 7.64. The third-order valence-corrected chi connectivity index (χ3v) is 3.75. The van der Waals surface area contributed by atoms with E-state index in [1.165, 1.54) is 27.9 Å². The zero-order valence-electron chi connectivity index (χ0n) is 13.5. The summed E-state index contributed by atoms with van der Waals surface area (Å²) in [5, 5.41) is 3.51. The van der Waals surface area contributed by atoms with Crippen LogP contribution in [0.1, 0.15) is 29.2 Å². The quantitative estimate of drug-likeness (QED) is 0.778. The number of rotatable bonds is 6. The molecule has 0 spiro atoms. The lowest BCUT2D eigenvalue weighted by molar-refractivity contribution is 0.330. The first kappa shape index (κ1) is 15.4. The summed E-state index contributed by atoms with van der Waals surface area (Å²) in [6.45, 7) is 9.98. The molecule has 2 rings (SSSR count). The van der Waals surface area contributed by atoms with Crippen LogP contribution in [0.15, 0.2) is 36.4 Å². The average Bonchev–Trinajstić information content (AvgIpc) is 2.48. The lowest BCUT2D eigenvalue weighted by Gasteiger charge is -2.15. The predicted octanol–water partition coefficient (Wildman–Crippen LogP) is 4.67. The molecule has 0 heterocycles. The zero-order chi connectivity index (χ0) is 15.2. The van der Waals surface area contributed by atoms with Gasteiger partial charge >= 0.3 is 0 Å². The van der Waals surface area contributed by atoms with Crippen molar-refractivity contribution >= 4 is 5.69 Å². The van der Waals surface area contributed by atoms with E-state index in [0.29, 0.717) is 6.61 Å². The van der Waals surface area contributed by atoms with E-state index in [4.69, 9.17) is 4.74 Å². The maximum Gasteiger partial charge on any atom is 0.122 e. The van der Waals surface area contributed by atoms with Crippen LogP contribution in [0.3, 0.4) is 0 Å². The fourth-order valence-electron chi connectivity index (χ4n) is 2.48. The zero-order valence-corrected chi connectivity index (χ0v) is 13.5. The van der Waals surface area contributed by atoms with Gasteiger partial charge in [0.15, 0.2) is 0 Å². The van der Waals surface area contributed by atoms with Gasteiger partial charge in [-0.1, -0.05) is 37.3 Å². The molecule has 2 heteroatoms. The van der Waals surface area contributed by atoms with Gasteiger partial charge in [0.2, 0.25) is 0 Å².